The molecule has 1 aromatic rings. The molecule has 0 heterocycles. The van der Waals surface area contributed by atoms with Gasteiger partial charge in [-0.05, 0) is 12.5 Å². The maximum atomic E-state index is 11.7. The molecule has 1 aromatic carbocycles. The lowest BCUT2D eigenvalue weighted by molar-refractivity contribution is -0.121. The first-order valence-electron chi connectivity index (χ1n) is 7.02. The van der Waals surface area contributed by atoms with Gasteiger partial charge in [0.25, 0.3) is 0 Å². The van der Waals surface area contributed by atoms with Gasteiger partial charge in [0.05, 0.1) is 13.1 Å². The minimum atomic E-state index is -0.0181. The van der Waals surface area contributed by atoms with Crippen LogP contribution in [0.2, 0.25) is 0 Å². The van der Waals surface area contributed by atoms with Crippen molar-refractivity contribution in [2.24, 2.45) is 4.99 Å². The Kier molecular flexibility index (Phi) is 8.15. The van der Waals surface area contributed by atoms with Crippen LogP contribution in [0.1, 0.15) is 18.9 Å². The van der Waals surface area contributed by atoms with E-state index in [4.69, 9.17) is 6.42 Å². The highest BCUT2D eigenvalue weighted by Gasteiger charge is 2.01. The van der Waals surface area contributed by atoms with Crippen LogP contribution in [0.15, 0.2) is 35.3 Å². The zero-order chi connectivity index (χ0) is 15.3. The Balaban J connectivity index is 2.29. The number of benzene rings is 1. The molecule has 0 spiro atoms. The van der Waals surface area contributed by atoms with E-state index in [-0.39, 0.29) is 5.91 Å². The van der Waals surface area contributed by atoms with Crippen molar-refractivity contribution in [3.63, 3.8) is 0 Å². The van der Waals surface area contributed by atoms with E-state index in [1.165, 1.54) is 0 Å². The third kappa shape index (κ3) is 7.63. The summed E-state index contributed by atoms with van der Waals surface area (Å²) in [5.41, 5.74) is 1.08. The van der Waals surface area contributed by atoms with Gasteiger partial charge >= 0.3 is 0 Å². The van der Waals surface area contributed by atoms with Crippen molar-refractivity contribution in [2.45, 2.75) is 19.9 Å². The van der Waals surface area contributed by atoms with Gasteiger partial charge in [-0.1, -0.05) is 36.3 Å². The molecule has 3 N–H and O–H groups in total. The Morgan fingerprint density at radius 3 is 2.67 bits per heavy atom. The van der Waals surface area contributed by atoms with Crippen LogP contribution >= 0.6 is 0 Å². The topological polar surface area (TPSA) is 65.5 Å². The lowest BCUT2D eigenvalue weighted by Gasteiger charge is -2.08. The SMILES string of the molecule is C#CCNC(=NCCC(=O)NCc1ccccc1)NCC. The summed E-state index contributed by atoms with van der Waals surface area (Å²) in [6.45, 7) is 4.08. The first-order valence-corrected chi connectivity index (χ1v) is 7.02. The first-order chi connectivity index (χ1) is 10.3. The van der Waals surface area contributed by atoms with Gasteiger partial charge < -0.3 is 16.0 Å². The molecule has 0 aromatic heterocycles. The smallest absolute Gasteiger partial charge is 0.222 e. The first kappa shape index (κ1) is 16.6. The second kappa shape index (κ2) is 10.3. The standard InChI is InChI=1S/C16H22N4O/c1-3-11-18-16(17-4-2)19-12-10-15(21)20-13-14-8-6-5-7-9-14/h1,5-9H,4,10-13H2,2H3,(H,20,21)(H2,17,18,19). The van der Waals surface area contributed by atoms with Gasteiger partial charge in [-0.15, -0.1) is 6.42 Å². The van der Waals surface area contributed by atoms with E-state index in [0.29, 0.717) is 32.0 Å². The van der Waals surface area contributed by atoms with Crippen LogP contribution in [-0.4, -0.2) is 31.5 Å². The molecule has 0 bridgehead atoms. The van der Waals surface area contributed by atoms with Crippen LogP contribution in [0.3, 0.4) is 0 Å². The average Bonchev–Trinajstić information content (AvgIpc) is 2.51. The summed E-state index contributed by atoms with van der Waals surface area (Å²) in [6.07, 6.45) is 5.53. The van der Waals surface area contributed by atoms with E-state index in [0.717, 1.165) is 12.1 Å². The highest BCUT2D eigenvalue weighted by molar-refractivity contribution is 5.81. The summed E-state index contributed by atoms with van der Waals surface area (Å²) >= 11 is 0. The number of amides is 1. The molecule has 5 nitrogen and oxygen atoms in total. The zero-order valence-electron chi connectivity index (χ0n) is 12.4. The highest BCUT2D eigenvalue weighted by Crippen LogP contribution is 1.97. The van der Waals surface area contributed by atoms with E-state index in [9.17, 15) is 4.79 Å². The van der Waals surface area contributed by atoms with E-state index < -0.39 is 0 Å². The molecular weight excluding hydrogens is 264 g/mol. The molecule has 0 aliphatic carbocycles. The van der Waals surface area contributed by atoms with Crippen molar-refractivity contribution >= 4 is 11.9 Å². The van der Waals surface area contributed by atoms with Crippen LogP contribution in [0.5, 0.6) is 0 Å². The fourth-order valence-corrected chi connectivity index (χ4v) is 1.63. The van der Waals surface area contributed by atoms with Gasteiger partial charge in [0.15, 0.2) is 5.96 Å². The van der Waals surface area contributed by atoms with Crippen molar-refractivity contribution < 1.29 is 4.79 Å². The zero-order valence-corrected chi connectivity index (χ0v) is 12.4. The summed E-state index contributed by atoms with van der Waals surface area (Å²) in [5.74, 6) is 3.10. The molecule has 5 heteroatoms. The second-order valence-corrected chi connectivity index (χ2v) is 4.33. The maximum Gasteiger partial charge on any atom is 0.222 e. The fraction of sp³-hybridized carbons (Fsp3) is 0.375. The van der Waals surface area contributed by atoms with E-state index in [1.807, 2.05) is 37.3 Å². The molecule has 0 radical (unpaired) electrons. The molecule has 0 aliphatic rings. The monoisotopic (exact) mass is 286 g/mol. The van der Waals surface area contributed by atoms with Crippen molar-refractivity contribution in [3.05, 3.63) is 35.9 Å². The Morgan fingerprint density at radius 1 is 1.24 bits per heavy atom. The van der Waals surface area contributed by atoms with Crippen molar-refractivity contribution in [2.75, 3.05) is 19.6 Å². The van der Waals surface area contributed by atoms with Crippen molar-refractivity contribution in [3.8, 4) is 12.3 Å². The summed E-state index contributed by atoms with van der Waals surface area (Å²) in [7, 11) is 0. The number of carbonyl (C=O) groups is 1. The lowest BCUT2D eigenvalue weighted by Crippen LogP contribution is -2.37. The minimum Gasteiger partial charge on any atom is -0.357 e. The third-order valence-corrected chi connectivity index (χ3v) is 2.64. The van der Waals surface area contributed by atoms with Gasteiger partial charge in [-0.2, -0.15) is 0 Å². The van der Waals surface area contributed by atoms with Gasteiger partial charge in [-0.25, -0.2) is 0 Å². The summed E-state index contributed by atoms with van der Waals surface area (Å²) in [4.78, 5) is 16.0. The van der Waals surface area contributed by atoms with E-state index >= 15 is 0 Å². The molecule has 0 unspecified atom stereocenters. The maximum absolute atomic E-state index is 11.7. The van der Waals surface area contributed by atoms with Gasteiger partial charge in [-0.3, -0.25) is 9.79 Å². The predicted octanol–water partition coefficient (Wildman–Crippen LogP) is 0.881. The Labute approximate surface area is 126 Å². The summed E-state index contributed by atoms with van der Waals surface area (Å²) < 4.78 is 0. The number of aliphatic imine (C=N–C) groups is 1. The van der Waals surface area contributed by atoms with Gasteiger partial charge in [0, 0.05) is 19.5 Å². The molecule has 0 fully saturated rings. The van der Waals surface area contributed by atoms with Crippen LogP contribution in [-0.2, 0) is 11.3 Å². The molecule has 112 valence electrons. The van der Waals surface area contributed by atoms with Crippen molar-refractivity contribution in [1.29, 1.82) is 0 Å². The number of hydrogen-bond donors (Lipinski definition) is 3. The second-order valence-electron chi connectivity index (χ2n) is 4.33. The summed E-state index contributed by atoms with van der Waals surface area (Å²) in [6, 6.07) is 9.81. The van der Waals surface area contributed by atoms with Crippen LogP contribution in [0.4, 0.5) is 0 Å². The quantitative estimate of drug-likeness (QED) is 0.396. The fourth-order valence-electron chi connectivity index (χ4n) is 1.63. The normalized spacial score (nSPS) is 10.6. The molecule has 0 saturated heterocycles. The third-order valence-electron chi connectivity index (χ3n) is 2.64. The van der Waals surface area contributed by atoms with Crippen LogP contribution in [0, 0.1) is 12.3 Å². The number of carbonyl (C=O) groups excluding carboxylic acids is 1. The number of nitrogens with zero attached hydrogens (tertiary/aromatic N) is 1. The molecule has 0 atom stereocenters. The molecule has 21 heavy (non-hydrogen) atoms. The van der Waals surface area contributed by atoms with Crippen molar-refractivity contribution in [1.82, 2.24) is 16.0 Å². The number of terminal acetylenes is 1. The Bertz CT molecular complexity index is 491. The Morgan fingerprint density at radius 2 is 2.00 bits per heavy atom. The molecule has 0 saturated carbocycles. The van der Waals surface area contributed by atoms with E-state index in [1.54, 1.807) is 0 Å². The highest BCUT2D eigenvalue weighted by atomic mass is 16.1. The summed E-state index contributed by atoms with van der Waals surface area (Å²) in [5, 5.41) is 8.90. The van der Waals surface area contributed by atoms with Crippen LogP contribution in [0.25, 0.3) is 0 Å². The average molecular weight is 286 g/mol. The Hall–Kier alpha value is -2.48. The molecule has 1 rings (SSSR count). The number of rotatable bonds is 7. The van der Waals surface area contributed by atoms with Gasteiger partial charge in [0.2, 0.25) is 5.91 Å². The predicted molar refractivity (Wildman–Crippen MR) is 85.7 cm³/mol. The molecule has 0 aliphatic heterocycles. The number of hydrogen-bond acceptors (Lipinski definition) is 2. The van der Waals surface area contributed by atoms with Gasteiger partial charge in [0.1, 0.15) is 0 Å². The molecular formula is C16H22N4O. The molecule has 1 amide bonds. The lowest BCUT2D eigenvalue weighted by atomic mass is 10.2. The number of guanidine groups is 1. The van der Waals surface area contributed by atoms with E-state index in [2.05, 4.69) is 26.9 Å². The largest absolute Gasteiger partial charge is 0.357 e. The number of nitrogens with one attached hydrogen (secondary N) is 3. The van der Waals surface area contributed by atoms with Crippen LogP contribution < -0.4 is 16.0 Å². The minimum absolute atomic E-state index is 0.0181.